The smallest absolute Gasteiger partial charge is 0.294 e. The van der Waals surface area contributed by atoms with E-state index in [4.69, 9.17) is 9.78 Å². The molecule has 1 aromatic heterocycles. The van der Waals surface area contributed by atoms with Crippen LogP contribution in [-0.4, -0.2) is 11.1 Å². The van der Waals surface area contributed by atoms with Crippen molar-refractivity contribution in [2.24, 2.45) is 0 Å². The third kappa shape index (κ3) is 2.35. The van der Waals surface area contributed by atoms with Crippen molar-refractivity contribution in [1.82, 2.24) is 5.16 Å². The Balaban J connectivity index is 2.20. The van der Waals surface area contributed by atoms with E-state index in [-0.39, 0.29) is 11.3 Å². The second kappa shape index (κ2) is 4.67. The van der Waals surface area contributed by atoms with Crippen molar-refractivity contribution in [2.75, 3.05) is 5.32 Å². The van der Waals surface area contributed by atoms with Gasteiger partial charge in [-0.05, 0) is 25.1 Å². The molecule has 0 radical (unpaired) electrons. The summed E-state index contributed by atoms with van der Waals surface area (Å²) in [7, 11) is 0. The fourth-order valence-electron chi connectivity index (χ4n) is 1.35. The summed E-state index contributed by atoms with van der Waals surface area (Å²) in [5.41, 5.74) is 0.755. The van der Waals surface area contributed by atoms with E-state index in [2.05, 4.69) is 10.5 Å². The average molecular weight is 245 g/mol. The van der Waals surface area contributed by atoms with Crippen LogP contribution in [0, 0.1) is 24.1 Å². The summed E-state index contributed by atoms with van der Waals surface area (Å²) in [6, 6.07) is 6.88. The van der Waals surface area contributed by atoms with E-state index >= 15 is 0 Å². The van der Waals surface area contributed by atoms with E-state index in [1.807, 2.05) is 0 Å². The Labute approximate surface area is 102 Å². The summed E-state index contributed by atoms with van der Waals surface area (Å²) in [5, 5.41) is 14.7. The highest BCUT2D eigenvalue weighted by Gasteiger charge is 2.12. The van der Waals surface area contributed by atoms with E-state index in [1.54, 1.807) is 13.0 Å². The molecule has 1 aromatic carbocycles. The van der Waals surface area contributed by atoms with Gasteiger partial charge in [0.2, 0.25) is 5.76 Å². The number of nitrogens with one attached hydrogen (secondary N) is 1. The van der Waals surface area contributed by atoms with Crippen molar-refractivity contribution >= 4 is 11.6 Å². The lowest BCUT2D eigenvalue weighted by molar-refractivity contribution is 0.0988. The Morgan fingerprint density at radius 3 is 2.89 bits per heavy atom. The second-order valence-electron chi connectivity index (χ2n) is 3.59. The summed E-state index contributed by atoms with van der Waals surface area (Å²) in [5.74, 6) is -1.09. The minimum atomic E-state index is -0.633. The number of halogens is 1. The SMILES string of the molecule is Cc1cc(C(=O)Nc2ccc(F)c(C#N)c2)on1. The quantitative estimate of drug-likeness (QED) is 0.879. The second-order valence-corrected chi connectivity index (χ2v) is 3.59. The monoisotopic (exact) mass is 245 g/mol. The lowest BCUT2D eigenvalue weighted by atomic mass is 10.2. The number of carbonyl (C=O) groups is 1. The number of benzene rings is 1. The molecule has 0 bridgehead atoms. The first-order valence-corrected chi connectivity index (χ1v) is 5.04. The molecule has 1 N–H and O–H groups in total. The predicted octanol–water partition coefficient (Wildman–Crippen LogP) is 2.25. The summed E-state index contributed by atoms with van der Waals surface area (Å²) in [4.78, 5) is 11.7. The number of carbonyl (C=O) groups excluding carboxylic acids is 1. The molecule has 0 saturated carbocycles. The Bertz CT molecular complexity index is 643. The van der Waals surface area contributed by atoms with Gasteiger partial charge in [-0.15, -0.1) is 0 Å². The van der Waals surface area contributed by atoms with Crippen molar-refractivity contribution in [3.8, 4) is 6.07 Å². The third-order valence-electron chi connectivity index (χ3n) is 2.20. The first-order valence-electron chi connectivity index (χ1n) is 5.04. The molecule has 0 atom stereocenters. The Morgan fingerprint density at radius 2 is 2.28 bits per heavy atom. The van der Waals surface area contributed by atoms with E-state index in [9.17, 15) is 9.18 Å². The highest BCUT2D eigenvalue weighted by atomic mass is 19.1. The van der Waals surface area contributed by atoms with Crippen LogP contribution in [0.4, 0.5) is 10.1 Å². The molecule has 0 spiro atoms. The van der Waals surface area contributed by atoms with Crippen LogP contribution >= 0.6 is 0 Å². The zero-order valence-corrected chi connectivity index (χ0v) is 9.40. The minimum absolute atomic E-state index is 0.0512. The summed E-state index contributed by atoms with van der Waals surface area (Å²) in [6.07, 6.45) is 0. The maximum absolute atomic E-state index is 13.1. The summed E-state index contributed by atoms with van der Waals surface area (Å²) >= 11 is 0. The van der Waals surface area contributed by atoms with Gasteiger partial charge in [0.15, 0.2) is 0 Å². The molecule has 1 heterocycles. The zero-order chi connectivity index (χ0) is 13.1. The van der Waals surface area contributed by atoms with Crippen molar-refractivity contribution in [3.05, 3.63) is 47.1 Å². The molecule has 2 aromatic rings. The summed E-state index contributed by atoms with van der Waals surface area (Å²) in [6.45, 7) is 1.69. The van der Waals surface area contributed by atoms with Crippen molar-refractivity contribution in [2.45, 2.75) is 6.92 Å². The molecule has 0 unspecified atom stereocenters. The number of nitrogens with zero attached hydrogens (tertiary/aromatic N) is 2. The van der Waals surface area contributed by atoms with Crippen LogP contribution in [0.5, 0.6) is 0 Å². The molecule has 0 aliphatic carbocycles. The van der Waals surface area contributed by atoms with Crippen LogP contribution in [0.25, 0.3) is 0 Å². The van der Waals surface area contributed by atoms with Crippen LogP contribution in [0.15, 0.2) is 28.8 Å². The molecule has 18 heavy (non-hydrogen) atoms. The van der Waals surface area contributed by atoms with E-state index in [0.717, 1.165) is 6.07 Å². The fourth-order valence-corrected chi connectivity index (χ4v) is 1.35. The Morgan fingerprint density at radius 1 is 1.50 bits per heavy atom. The number of hydrogen-bond donors (Lipinski definition) is 1. The first-order chi connectivity index (χ1) is 8.60. The molecule has 90 valence electrons. The molecule has 5 nitrogen and oxygen atoms in total. The minimum Gasteiger partial charge on any atom is -0.351 e. The maximum Gasteiger partial charge on any atom is 0.294 e. The van der Waals surface area contributed by atoms with Gasteiger partial charge in [-0.1, -0.05) is 5.16 Å². The van der Waals surface area contributed by atoms with Crippen LogP contribution in [0.2, 0.25) is 0 Å². The van der Waals surface area contributed by atoms with E-state index in [1.165, 1.54) is 18.2 Å². The molecule has 0 saturated heterocycles. The van der Waals surface area contributed by atoms with Gasteiger partial charge in [0, 0.05) is 11.8 Å². The normalized spacial score (nSPS) is 9.83. The number of hydrogen-bond acceptors (Lipinski definition) is 4. The number of aryl methyl sites for hydroxylation is 1. The van der Waals surface area contributed by atoms with Crippen LogP contribution in [0.3, 0.4) is 0 Å². The highest BCUT2D eigenvalue weighted by Crippen LogP contribution is 2.15. The van der Waals surface area contributed by atoms with Crippen LogP contribution in [0.1, 0.15) is 21.8 Å². The Kier molecular flexibility index (Phi) is 3.06. The molecule has 6 heteroatoms. The van der Waals surface area contributed by atoms with Gasteiger partial charge in [-0.3, -0.25) is 4.79 Å². The number of aromatic nitrogens is 1. The van der Waals surface area contributed by atoms with Crippen LogP contribution in [-0.2, 0) is 0 Å². The van der Waals surface area contributed by atoms with Gasteiger partial charge in [-0.25, -0.2) is 4.39 Å². The van der Waals surface area contributed by atoms with Gasteiger partial charge >= 0.3 is 0 Å². The first kappa shape index (κ1) is 11.8. The average Bonchev–Trinajstić information content (AvgIpc) is 2.78. The summed E-state index contributed by atoms with van der Waals surface area (Å²) < 4.78 is 17.8. The van der Waals surface area contributed by atoms with E-state index in [0.29, 0.717) is 11.4 Å². The third-order valence-corrected chi connectivity index (χ3v) is 2.20. The number of nitriles is 1. The van der Waals surface area contributed by atoms with Gasteiger partial charge in [0.25, 0.3) is 5.91 Å². The fraction of sp³-hybridized carbons (Fsp3) is 0.0833. The predicted molar refractivity (Wildman–Crippen MR) is 60.3 cm³/mol. The maximum atomic E-state index is 13.1. The molecule has 0 aliphatic heterocycles. The van der Waals surface area contributed by atoms with Gasteiger partial charge in [0.1, 0.15) is 11.9 Å². The van der Waals surface area contributed by atoms with Crippen molar-refractivity contribution in [1.29, 1.82) is 5.26 Å². The van der Waals surface area contributed by atoms with Gasteiger partial charge in [-0.2, -0.15) is 5.26 Å². The van der Waals surface area contributed by atoms with Crippen molar-refractivity contribution in [3.63, 3.8) is 0 Å². The largest absolute Gasteiger partial charge is 0.351 e. The zero-order valence-electron chi connectivity index (χ0n) is 9.40. The van der Waals surface area contributed by atoms with Gasteiger partial charge in [0.05, 0.1) is 11.3 Å². The van der Waals surface area contributed by atoms with E-state index < -0.39 is 11.7 Å². The molecular formula is C12H8FN3O2. The topological polar surface area (TPSA) is 78.9 Å². The number of amides is 1. The van der Waals surface area contributed by atoms with Crippen molar-refractivity contribution < 1.29 is 13.7 Å². The standard InChI is InChI=1S/C12H8FN3O2/c1-7-4-11(18-16-7)12(17)15-9-2-3-10(13)8(5-9)6-14/h2-5H,1H3,(H,15,17). The molecule has 1 amide bonds. The lowest BCUT2D eigenvalue weighted by Crippen LogP contribution is -2.11. The molecule has 2 rings (SSSR count). The Hall–Kier alpha value is -2.68. The molecule has 0 fully saturated rings. The van der Waals surface area contributed by atoms with Crippen LogP contribution < -0.4 is 5.32 Å². The number of anilines is 1. The number of rotatable bonds is 2. The highest BCUT2D eigenvalue weighted by molar-refractivity contribution is 6.02. The lowest BCUT2D eigenvalue weighted by Gasteiger charge is -2.03. The van der Waals surface area contributed by atoms with Gasteiger partial charge < -0.3 is 9.84 Å². The molecular weight excluding hydrogens is 237 g/mol. The molecule has 0 aliphatic rings.